The van der Waals surface area contributed by atoms with Gasteiger partial charge >= 0.3 is 0 Å². The summed E-state index contributed by atoms with van der Waals surface area (Å²) in [6.45, 7) is 9.92. The van der Waals surface area contributed by atoms with E-state index < -0.39 is 0 Å². The van der Waals surface area contributed by atoms with E-state index in [1.807, 2.05) is 42.5 Å². The van der Waals surface area contributed by atoms with Gasteiger partial charge in [0, 0.05) is 5.33 Å². The van der Waals surface area contributed by atoms with Gasteiger partial charge in [0.2, 0.25) is 0 Å². The summed E-state index contributed by atoms with van der Waals surface area (Å²) in [4.78, 5) is 0. The van der Waals surface area contributed by atoms with E-state index in [0.29, 0.717) is 0 Å². The van der Waals surface area contributed by atoms with Crippen molar-refractivity contribution in [1.29, 1.82) is 0 Å². The summed E-state index contributed by atoms with van der Waals surface area (Å²) < 4.78 is 0. The Balaban J connectivity index is 0.000000348. The van der Waals surface area contributed by atoms with Crippen molar-refractivity contribution in [3.05, 3.63) is 85.3 Å². The Hall–Kier alpha value is -0.910. The minimum atomic E-state index is 0.769. The maximum Gasteiger partial charge on any atom is 0.00346 e. The van der Waals surface area contributed by atoms with Crippen molar-refractivity contribution in [2.75, 3.05) is 11.5 Å². The Labute approximate surface area is 159 Å². The molecule has 1 aliphatic carbocycles. The summed E-state index contributed by atoms with van der Waals surface area (Å²) >= 11 is 3.41. The van der Waals surface area contributed by atoms with E-state index in [9.17, 15) is 0 Å². The van der Waals surface area contributed by atoms with Gasteiger partial charge in [0.25, 0.3) is 0 Å². The molecule has 0 bridgehead atoms. The van der Waals surface area contributed by atoms with E-state index in [0.717, 1.165) is 32.7 Å². The number of rotatable bonds is 7. The summed E-state index contributed by atoms with van der Waals surface area (Å²) in [5, 5.41) is 2.51. The second kappa shape index (κ2) is 18.4. The van der Waals surface area contributed by atoms with Crippen molar-refractivity contribution in [2.24, 2.45) is 5.92 Å². The normalized spacial score (nSPS) is 15.2. The van der Waals surface area contributed by atoms with Crippen LogP contribution in [0.2, 0.25) is 0 Å². The van der Waals surface area contributed by atoms with Crippen LogP contribution in [0, 0.1) is 5.92 Å². The molecular weight excluding hydrogens is 375 g/mol. The Kier molecular flexibility index (Phi) is 17.7. The molecule has 0 saturated heterocycles. The third kappa shape index (κ3) is 17.4. The molecule has 2 heteroatoms. The summed E-state index contributed by atoms with van der Waals surface area (Å²) in [6, 6.07) is 12.0. The van der Waals surface area contributed by atoms with E-state index in [2.05, 4.69) is 60.3 Å². The first-order valence-electron chi connectivity index (χ1n) is 8.62. The van der Waals surface area contributed by atoms with Crippen molar-refractivity contribution >= 4 is 24.5 Å². The second-order valence-electron chi connectivity index (χ2n) is 5.58. The second-order valence-corrected chi connectivity index (χ2v) is 7.93. The van der Waals surface area contributed by atoms with Crippen molar-refractivity contribution in [3.8, 4) is 0 Å². The minimum Gasteiger partial charge on any atom is -0.103 e. The Morgan fingerprint density at radius 3 is 2.17 bits per heavy atom. The summed E-state index contributed by atoms with van der Waals surface area (Å²) in [5.74, 6) is 0.769. The SMILES string of the molecule is C=CCCC(=C)PCCCBr.CC1C=CC=CC1.c1ccccc1. The molecule has 0 heterocycles. The topological polar surface area (TPSA) is 0 Å². The first-order chi connectivity index (χ1) is 11.7. The fraction of sp³-hybridized carbons (Fsp3) is 0.364. The lowest BCUT2D eigenvalue weighted by Crippen LogP contribution is -1.87. The molecule has 2 atom stereocenters. The first kappa shape index (κ1) is 23.1. The fourth-order valence-electron chi connectivity index (χ4n) is 1.79. The van der Waals surface area contributed by atoms with Crippen LogP contribution in [0.4, 0.5) is 0 Å². The lowest BCUT2D eigenvalue weighted by atomic mass is 10.0. The van der Waals surface area contributed by atoms with Crippen LogP contribution in [-0.4, -0.2) is 11.5 Å². The quantitative estimate of drug-likeness (QED) is 0.188. The van der Waals surface area contributed by atoms with E-state index in [1.165, 1.54) is 24.3 Å². The van der Waals surface area contributed by atoms with Gasteiger partial charge in [-0.3, -0.25) is 0 Å². The van der Waals surface area contributed by atoms with Gasteiger partial charge in [0.05, 0.1) is 0 Å². The molecular formula is C22H32BrP. The molecule has 0 amide bonds. The van der Waals surface area contributed by atoms with Crippen LogP contribution in [0.1, 0.15) is 32.6 Å². The molecule has 2 rings (SSSR count). The molecule has 1 aromatic carbocycles. The third-order valence-electron chi connectivity index (χ3n) is 3.20. The molecule has 1 aromatic rings. The number of benzene rings is 1. The van der Waals surface area contributed by atoms with Crippen LogP contribution in [0.25, 0.3) is 0 Å². The zero-order valence-corrected chi connectivity index (χ0v) is 17.5. The van der Waals surface area contributed by atoms with Crippen molar-refractivity contribution in [3.63, 3.8) is 0 Å². The van der Waals surface area contributed by atoms with Crippen LogP contribution in [0.5, 0.6) is 0 Å². The van der Waals surface area contributed by atoms with Gasteiger partial charge in [0.1, 0.15) is 0 Å². The Morgan fingerprint density at radius 1 is 1.17 bits per heavy atom. The van der Waals surface area contributed by atoms with Gasteiger partial charge in [-0.1, -0.05) is 110 Å². The Morgan fingerprint density at radius 2 is 1.79 bits per heavy atom. The number of allylic oxidation sites excluding steroid dienone is 6. The van der Waals surface area contributed by atoms with Crippen molar-refractivity contribution in [2.45, 2.75) is 32.6 Å². The summed E-state index contributed by atoms with van der Waals surface area (Å²) in [5.41, 5.74) is 0. The van der Waals surface area contributed by atoms with Crippen LogP contribution in [0.3, 0.4) is 0 Å². The van der Waals surface area contributed by atoms with E-state index >= 15 is 0 Å². The average molecular weight is 407 g/mol. The zero-order chi connectivity index (χ0) is 17.9. The maximum absolute atomic E-state index is 4.01. The first-order valence-corrected chi connectivity index (χ1v) is 11.0. The third-order valence-corrected chi connectivity index (χ3v) is 5.11. The standard InChI is InChI=1S/C9H16BrP.C7H10.C6H6/c1-3-4-6-9(2)11-8-5-7-10;1-7-5-3-2-4-6-7;1-2-4-6-5-3-1/h3,11H,1-2,4-8H2;2-5,7H,6H2,1H3;1-6H. The van der Waals surface area contributed by atoms with Gasteiger partial charge in [-0.2, -0.15) is 0 Å². The monoisotopic (exact) mass is 406 g/mol. The summed E-state index contributed by atoms with van der Waals surface area (Å²) in [6.07, 6.45) is 16.6. The molecule has 0 N–H and O–H groups in total. The van der Waals surface area contributed by atoms with Crippen LogP contribution in [-0.2, 0) is 0 Å². The van der Waals surface area contributed by atoms with Gasteiger partial charge < -0.3 is 0 Å². The molecule has 0 saturated carbocycles. The molecule has 0 aromatic heterocycles. The van der Waals surface area contributed by atoms with Gasteiger partial charge in [-0.05, 0) is 37.8 Å². The molecule has 24 heavy (non-hydrogen) atoms. The molecule has 0 spiro atoms. The average Bonchev–Trinajstić information content (AvgIpc) is 2.63. The highest BCUT2D eigenvalue weighted by Gasteiger charge is 1.93. The summed E-state index contributed by atoms with van der Waals surface area (Å²) in [7, 11) is 0.950. The molecule has 0 nitrogen and oxygen atoms in total. The molecule has 0 aliphatic heterocycles. The zero-order valence-electron chi connectivity index (χ0n) is 15.0. The van der Waals surface area contributed by atoms with Gasteiger partial charge in [-0.15, -0.1) is 6.58 Å². The van der Waals surface area contributed by atoms with Crippen molar-refractivity contribution in [1.82, 2.24) is 0 Å². The number of alkyl halides is 1. The van der Waals surface area contributed by atoms with Gasteiger partial charge in [-0.25, -0.2) is 0 Å². The largest absolute Gasteiger partial charge is 0.103 e. The van der Waals surface area contributed by atoms with Crippen LogP contribution < -0.4 is 0 Å². The highest BCUT2D eigenvalue weighted by atomic mass is 79.9. The number of hydrogen-bond acceptors (Lipinski definition) is 0. The van der Waals surface area contributed by atoms with Crippen molar-refractivity contribution < 1.29 is 0 Å². The van der Waals surface area contributed by atoms with Gasteiger partial charge in [0.15, 0.2) is 0 Å². The molecule has 2 unspecified atom stereocenters. The molecule has 132 valence electrons. The molecule has 1 aliphatic rings. The highest BCUT2D eigenvalue weighted by Crippen LogP contribution is 2.26. The van der Waals surface area contributed by atoms with Crippen LogP contribution in [0.15, 0.2) is 85.3 Å². The van der Waals surface area contributed by atoms with E-state index in [-0.39, 0.29) is 0 Å². The lowest BCUT2D eigenvalue weighted by Gasteiger charge is -2.02. The van der Waals surface area contributed by atoms with E-state index in [4.69, 9.17) is 0 Å². The molecule has 0 fully saturated rings. The molecule has 0 radical (unpaired) electrons. The fourth-order valence-corrected chi connectivity index (χ4v) is 3.61. The minimum absolute atomic E-state index is 0.769. The Bertz CT molecular complexity index is 435. The maximum atomic E-state index is 4.01. The predicted octanol–water partition coefficient (Wildman–Crippen LogP) is 7.76. The smallest absolute Gasteiger partial charge is 0.00346 e. The van der Waals surface area contributed by atoms with Crippen LogP contribution >= 0.6 is 24.5 Å². The lowest BCUT2D eigenvalue weighted by molar-refractivity contribution is 0.737. The highest BCUT2D eigenvalue weighted by molar-refractivity contribution is 9.09. The van der Waals surface area contributed by atoms with E-state index in [1.54, 1.807) is 0 Å². The number of halogens is 1. The number of hydrogen-bond donors (Lipinski definition) is 0. The predicted molar refractivity (Wildman–Crippen MR) is 119 cm³/mol.